The molecule has 4 rings (SSSR count). The van der Waals surface area contributed by atoms with Crippen molar-refractivity contribution in [3.8, 4) is 0 Å². The minimum Gasteiger partial charge on any atom is -0.343 e. The van der Waals surface area contributed by atoms with Gasteiger partial charge in [-0.3, -0.25) is 4.79 Å². The Bertz CT molecular complexity index is 1070. The number of nitroso groups, excluding NO2 is 1. The number of fused-ring (bicyclic) bond motifs is 1. The van der Waals surface area contributed by atoms with Gasteiger partial charge in [-0.25, -0.2) is 12.7 Å². The summed E-state index contributed by atoms with van der Waals surface area (Å²) in [6.07, 6.45) is -2.72. The molecule has 4 unspecified atom stereocenters. The molecule has 0 saturated carbocycles. The van der Waals surface area contributed by atoms with Crippen molar-refractivity contribution in [2.24, 2.45) is 17.8 Å². The molecular formula is C25H36F3N4O4S+. The van der Waals surface area contributed by atoms with Gasteiger partial charge in [-0.15, -0.1) is 5.01 Å². The molecule has 3 aliphatic rings. The molecule has 0 bridgehead atoms. The average molecular weight is 546 g/mol. The van der Waals surface area contributed by atoms with E-state index in [1.54, 1.807) is 38.1 Å². The van der Waals surface area contributed by atoms with Crippen LogP contribution in [0.2, 0.25) is 0 Å². The number of hydrogen-bond donors (Lipinski definition) is 0. The maximum Gasteiger partial charge on any atom is 0.460 e. The highest BCUT2D eigenvalue weighted by Crippen LogP contribution is 2.45. The lowest BCUT2D eigenvalue weighted by atomic mass is 9.74. The molecule has 3 fully saturated rings. The molecule has 0 aliphatic carbocycles. The van der Waals surface area contributed by atoms with Gasteiger partial charge < -0.3 is 4.90 Å². The largest absolute Gasteiger partial charge is 0.460 e. The minimum absolute atomic E-state index is 0.00567. The summed E-state index contributed by atoms with van der Waals surface area (Å²) in [5.41, 5.74) is 0.725. The van der Waals surface area contributed by atoms with Crippen LogP contribution in [0.3, 0.4) is 0 Å². The normalized spacial score (nSPS) is 27.8. The van der Waals surface area contributed by atoms with Crippen LogP contribution in [0.1, 0.15) is 45.1 Å². The standard InChI is InChI=1S/C25H36F3N4O4S/c1-3-29(4-2)24(33)22-21-16-20(12-15-31(21)32(34)23(22)25(26,27)28)19-10-13-30(14-11-19)37(35,36)17-18-8-6-5-7-9-18/h5-9,19-23H,3-4,10-17H2,1-2H3/q+1. The molecule has 0 spiro atoms. The first-order valence-corrected chi connectivity index (χ1v) is 14.7. The molecular weight excluding hydrogens is 509 g/mol. The molecule has 3 heterocycles. The molecule has 0 aromatic heterocycles. The molecule has 8 nitrogen and oxygen atoms in total. The second-order valence-electron chi connectivity index (χ2n) is 10.3. The molecule has 1 amide bonds. The van der Waals surface area contributed by atoms with Gasteiger partial charge in [0.25, 0.3) is 0 Å². The van der Waals surface area contributed by atoms with E-state index in [1.165, 1.54) is 14.2 Å². The van der Waals surface area contributed by atoms with Crippen molar-refractivity contribution in [3.05, 3.63) is 40.8 Å². The molecule has 0 N–H and O–H groups in total. The zero-order valence-electron chi connectivity index (χ0n) is 21.3. The Morgan fingerprint density at radius 1 is 1.03 bits per heavy atom. The van der Waals surface area contributed by atoms with Gasteiger partial charge in [0, 0.05) is 26.2 Å². The third-order valence-electron chi connectivity index (χ3n) is 8.35. The Morgan fingerprint density at radius 2 is 1.62 bits per heavy atom. The molecule has 0 radical (unpaired) electrons. The van der Waals surface area contributed by atoms with Gasteiger partial charge in [0.05, 0.1) is 17.2 Å². The maximum absolute atomic E-state index is 14.0. The number of halogens is 3. The van der Waals surface area contributed by atoms with Crippen molar-refractivity contribution in [3.63, 3.8) is 0 Å². The molecule has 12 heteroatoms. The van der Waals surface area contributed by atoms with Crippen LogP contribution < -0.4 is 0 Å². The third kappa shape index (κ3) is 5.64. The number of alkyl halides is 3. The van der Waals surface area contributed by atoms with Crippen molar-refractivity contribution >= 4 is 15.9 Å². The van der Waals surface area contributed by atoms with Crippen molar-refractivity contribution < 1.29 is 31.3 Å². The van der Waals surface area contributed by atoms with Gasteiger partial charge in [-0.1, -0.05) is 30.3 Å². The lowest BCUT2D eigenvalue weighted by Gasteiger charge is -2.40. The highest BCUT2D eigenvalue weighted by molar-refractivity contribution is 7.88. The van der Waals surface area contributed by atoms with Gasteiger partial charge in [0.15, 0.2) is 0 Å². The zero-order valence-corrected chi connectivity index (χ0v) is 22.1. The lowest BCUT2D eigenvalue weighted by Crippen LogP contribution is -2.50. The fraction of sp³-hybridized carbons (Fsp3) is 0.720. The Labute approximate surface area is 216 Å². The number of amides is 1. The summed E-state index contributed by atoms with van der Waals surface area (Å²) >= 11 is 0. The monoisotopic (exact) mass is 545 g/mol. The summed E-state index contributed by atoms with van der Waals surface area (Å²) in [4.78, 5) is 27.4. The second kappa shape index (κ2) is 10.9. The lowest BCUT2D eigenvalue weighted by molar-refractivity contribution is -0.735. The van der Waals surface area contributed by atoms with Crippen LogP contribution in [0.5, 0.6) is 0 Å². The summed E-state index contributed by atoms with van der Waals surface area (Å²) < 4.78 is 69.3. The molecule has 4 atom stereocenters. The Hall–Kier alpha value is -2.21. The van der Waals surface area contributed by atoms with E-state index >= 15 is 0 Å². The van der Waals surface area contributed by atoms with E-state index in [4.69, 9.17) is 0 Å². The van der Waals surface area contributed by atoms with Crippen LogP contribution in [0, 0.1) is 22.7 Å². The predicted octanol–water partition coefficient (Wildman–Crippen LogP) is 3.43. The Kier molecular flexibility index (Phi) is 8.18. The van der Waals surface area contributed by atoms with Gasteiger partial charge in [-0.2, -0.15) is 13.2 Å². The van der Waals surface area contributed by atoms with Crippen LogP contribution in [0.4, 0.5) is 13.2 Å². The highest BCUT2D eigenvalue weighted by Gasteiger charge is 2.71. The first-order valence-electron chi connectivity index (χ1n) is 13.1. The smallest absolute Gasteiger partial charge is 0.343 e. The first-order chi connectivity index (χ1) is 17.5. The summed E-state index contributed by atoms with van der Waals surface area (Å²) in [7, 11) is -3.47. The van der Waals surface area contributed by atoms with Crippen LogP contribution >= 0.6 is 0 Å². The number of benzene rings is 1. The van der Waals surface area contributed by atoms with E-state index in [2.05, 4.69) is 0 Å². The van der Waals surface area contributed by atoms with E-state index in [1.807, 2.05) is 6.07 Å². The number of nitrogens with zero attached hydrogens (tertiary/aromatic N) is 4. The van der Waals surface area contributed by atoms with Gasteiger partial charge in [0.2, 0.25) is 15.9 Å². The van der Waals surface area contributed by atoms with Crippen LogP contribution in [0.15, 0.2) is 30.3 Å². The zero-order chi connectivity index (χ0) is 27.0. The fourth-order valence-electron chi connectivity index (χ4n) is 6.40. The van der Waals surface area contributed by atoms with Crippen LogP contribution in [-0.4, -0.2) is 84.4 Å². The van der Waals surface area contributed by atoms with Gasteiger partial charge in [-0.05, 0) is 56.9 Å². The SMILES string of the molecule is CCN(CC)C(=O)C1C2CC(C3CCN(S(=O)(=O)Cc4ccccc4)CC3)CCN2[N+](=O)C1C(F)(F)F. The van der Waals surface area contributed by atoms with Crippen LogP contribution in [-0.2, 0) is 20.6 Å². The maximum atomic E-state index is 14.0. The molecule has 206 valence electrons. The van der Waals surface area contributed by atoms with E-state index in [9.17, 15) is 31.3 Å². The van der Waals surface area contributed by atoms with Gasteiger partial charge >= 0.3 is 12.2 Å². The number of piperidine rings is 2. The van der Waals surface area contributed by atoms with E-state index in [0.29, 0.717) is 38.8 Å². The Morgan fingerprint density at radius 3 is 2.19 bits per heavy atom. The van der Waals surface area contributed by atoms with Crippen molar-refractivity contribution in [1.82, 2.24) is 14.2 Å². The highest BCUT2D eigenvalue weighted by atomic mass is 32.2. The number of rotatable bonds is 7. The molecule has 3 aliphatic heterocycles. The quantitative estimate of drug-likeness (QED) is 0.491. The molecule has 1 aromatic carbocycles. The molecule has 37 heavy (non-hydrogen) atoms. The van der Waals surface area contributed by atoms with E-state index in [0.717, 1.165) is 5.56 Å². The molecule has 3 saturated heterocycles. The summed E-state index contributed by atoms with van der Waals surface area (Å²) in [5, 5.41) is 1.21. The molecule has 1 aromatic rings. The van der Waals surface area contributed by atoms with E-state index in [-0.39, 0.29) is 42.1 Å². The third-order valence-corrected chi connectivity index (χ3v) is 10.2. The van der Waals surface area contributed by atoms with Crippen LogP contribution in [0.25, 0.3) is 0 Å². The number of carbonyl (C=O) groups is 1. The Balaban J connectivity index is 1.45. The number of hydrazine groups is 1. The summed E-state index contributed by atoms with van der Waals surface area (Å²) in [6, 6.07) is 5.81. The second-order valence-corrected chi connectivity index (χ2v) is 12.3. The van der Waals surface area contributed by atoms with Crippen molar-refractivity contribution in [2.75, 3.05) is 32.7 Å². The van der Waals surface area contributed by atoms with E-state index < -0.39 is 40.1 Å². The predicted molar refractivity (Wildman–Crippen MR) is 131 cm³/mol. The number of hydrogen-bond acceptors (Lipinski definition) is 4. The van der Waals surface area contributed by atoms with Crippen molar-refractivity contribution in [1.29, 1.82) is 0 Å². The number of sulfonamides is 1. The number of carbonyl (C=O) groups excluding carboxylic acids is 1. The summed E-state index contributed by atoms with van der Waals surface area (Å²) in [5.74, 6) is -1.98. The van der Waals surface area contributed by atoms with Crippen molar-refractivity contribution in [2.45, 2.75) is 63.5 Å². The topological polar surface area (TPSA) is 81.0 Å². The summed E-state index contributed by atoms with van der Waals surface area (Å²) in [6.45, 7) is 4.89. The fourth-order valence-corrected chi connectivity index (χ4v) is 7.97. The first kappa shape index (κ1) is 27.8. The average Bonchev–Trinajstić information content (AvgIpc) is 3.17. The minimum atomic E-state index is -4.82. The van der Waals surface area contributed by atoms with Gasteiger partial charge in [0.1, 0.15) is 16.8 Å².